The number of ether oxygens (including phenoxy) is 2. The summed E-state index contributed by atoms with van der Waals surface area (Å²) in [4.78, 5) is 4.63. The second-order valence-corrected chi connectivity index (χ2v) is 8.58. The molecule has 0 amide bonds. The molecular weight excluding hydrogens is 358 g/mol. The fourth-order valence-corrected chi connectivity index (χ4v) is 4.49. The first-order valence-corrected chi connectivity index (χ1v) is 10.2. The molecule has 146 valence electrons. The highest BCUT2D eigenvalue weighted by atomic mass is 32.2. The molecule has 2 aliphatic heterocycles. The van der Waals surface area contributed by atoms with E-state index in [-0.39, 0.29) is 17.6 Å². The van der Waals surface area contributed by atoms with E-state index >= 15 is 0 Å². The highest BCUT2D eigenvalue weighted by Crippen LogP contribution is 2.20. The van der Waals surface area contributed by atoms with E-state index in [2.05, 4.69) is 21.6 Å². The molecule has 2 fully saturated rings. The van der Waals surface area contributed by atoms with Gasteiger partial charge in [-0.05, 0) is 31.3 Å². The lowest BCUT2D eigenvalue weighted by Crippen LogP contribution is -2.50. The summed E-state index contributed by atoms with van der Waals surface area (Å²) in [5.41, 5.74) is 0. The number of aliphatic hydroxyl groups excluding tert-OH is 1. The molecule has 0 bridgehead atoms. The third kappa shape index (κ3) is 4.54. The lowest BCUT2D eigenvalue weighted by atomic mass is 10.1. The van der Waals surface area contributed by atoms with Gasteiger partial charge in [0.15, 0.2) is 0 Å². The Morgan fingerprint density at radius 2 is 1.88 bits per heavy atom. The number of benzene rings is 1. The Morgan fingerprint density at radius 3 is 2.50 bits per heavy atom. The van der Waals surface area contributed by atoms with E-state index < -0.39 is 22.2 Å². The Balaban J connectivity index is 1.58. The number of sulfonamides is 1. The molecule has 9 heteroatoms. The van der Waals surface area contributed by atoms with E-state index in [1.54, 1.807) is 12.1 Å². The second kappa shape index (κ2) is 8.20. The molecule has 2 saturated heterocycles. The summed E-state index contributed by atoms with van der Waals surface area (Å²) in [7, 11) is -0.123. The topological polar surface area (TPSA) is 91.3 Å². The van der Waals surface area contributed by atoms with Crippen molar-refractivity contribution >= 4 is 10.0 Å². The summed E-state index contributed by atoms with van der Waals surface area (Å²) >= 11 is 0. The molecule has 8 nitrogen and oxygen atoms in total. The molecule has 3 unspecified atom stereocenters. The van der Waals surface area contributed by atoms with Gasteiger partial charge in [-0.15, -0.1) is 0 Å². The van der Waals surface area contributed by atoms with Crippen molar-refractivity contribution in [3.8, 4) is 5.75 Å². The molecule has 0 aromatic heterocycles. The smallest absolute Gasteiger partial charge is 0.240 e. The minimum absolute atomic E-state index is 0.132. The maximum atomic E-state index is 12.5. The largest absolute Gasteiger partial charge is 0.497 e. The number of likely N-dealkylation sites (N-methyl/N-ethyl adjacent to an activating group) is 1. The lowest BCUT2D eigenvalue weighted by Gasteiger charge is -2.34. The van der Waals surface area contributed by atoms with Crippen molar-refractivity contribution in [2.75, 3.05) is 53.5 Å². The summed E-state index contributed by atoms with van der Waals surface area (Å²) < 4.78 is 38.3. The average Bonchev–Trinajstić information content (AvgIpc) is 2.96. The van der Waals surface area contributed by atoms with Gasteiger partial charge in [-0.3, -0.25) is 4.90 Å². The summed E-state index contributed by atoms with van der Waals surface area (Å²) in [5, 5.41) is 10.5. The lowest BCUT2D eigenvalue weighted by molar-refractivity contribution is 0.00636. The molecule has 0 saturated carbocycles. The molecule has 1 aromatic carbocycles. The van der Waals surface area contributed by atoms with E-state index in [1.807, 2.05) is 0 Å². The van der Waals surface area contributed by atoms with Gasteiger partial charge in [0.2, 0.25) is 10.0 Å². The van der Waals surface area contributed by atoms with E-state index in [4.69, 9.17) is 9.47 Å². The van der Waals surface area contributed by atoms with E-state index in [9.17, 15) is 13.5 Å². The van der Waals surface area contributed by atoms with Gasteiger partial charge in [-0.25, -0.2) is 13.1 Å². The molecule has 1 aromatic rings. The number of aliphatic hydroxyl groups is 1. The van der Waals surface area contributed by atoms with Gasteiger partial charge in [0, 0.05) is 32.7 Å². The predicted molar refractivity (Wildman–Crippen MR) is 96.8 cm³/mol. The maximum absolute atomic E-state index is 12.5. The Labute approximate surface area is 154 Å². The summed E-state index contributed by atoms with van der Waals surface area (Å²) in [6.07, 6.45) is -1.26. The fraction of sp³-hybridized carbons (Fsp3) is 0.647. The third-order valence-electron chi connectivity index (χ3n) is 4.99. The summed E-state index contributed by atoms with van der Waals surface area (Å²) in [6.45, 7) is 4.58. The molecule has 2 heterocycles. The number of piperazine rings is 1. The molecular formula is C17H27N3O5S. The minimum Gasteiger partial charge on any atom is -0.497 e. The van der Waals surface area contributed by atoms with Gasteiger partial charge in [-0.2, -0.15) is 0 Å². The van der Waals surface area contributed by atoms with Crippen LogP contribution < -0.4 is 9.46 Å². The van der Waals surface area contributed by atoms with Gasteiger partial charge in [0.05, 0.1) is 36.9 Å². The van der Waals surface area contributed by atoms with Gasteiger partial charge in [0.25, 0.3) is 0 Å². The monoisotopic (exact) mass is 385 g/mol. The number of hydrogen-bond acceptors (Lipinski definition) is 7. The summed E-state index contributed by atoms with van der Waals surface area (Å²) in [6, 6.07) is 5.48. The van der Waals surface area contributed by atoms with E-state index in [0.717, 1.165) is 26.2 Å². The first-order chi connectivity index (χ1) is 12.4. The quantitative estimate of drug-likeness (QED) is 0.672. The van der Waals surface area contributed by atoms with Crippen LogP contribution in [-0.4, -0.2) is 95.1 Å². The molecule has 2 aliphatic rings. The summed E-state index contributed by atoms with van der Waals surface area (Å²) in [5.74, 6) is 0.584. The van der Waals surface area contributed by atoms with Crippen LogP contribution >= 0.6 is 0 Å². The molecule has 3 atom stereocenters. The molecule has 0 aliphatic carbocycles. The first-order valence-electron chi connectivity index (χ1n) is 8.76. The SMILES string of the molecule is COc1ccc(S(=O)(=O)NC2COC(CN3CCN(C)CC3)C2O)cc1. The van der Waals surface area contributed by atoms with E-state index in [1.165, 1.54) is 19.2 Å². The average molecular weight is 385 g/mol. The Bertz CT molecular complexity index is 689. The number of hydrogen-bond donors (Lipinski definition) is 2. The fourth-order valence-electron chi connectivity index (χ4n) is 3.26. The Kier molecular flexibility index (Phi) is 6.16. The van der Waals surface area contributed by atoms with Gasteiger partial charge in [-0.1, -0.05) is 0 Å². The van der Waals surface area contributed by atoms with Crippen LogP contribution in [0.2, 0.25) is 0 Å². The van der Waals surface area contributed by atoms with Crippen LogP contribution in [-0.2, 0) is 14.8 Å². The van der Waals surface area contributed by atoms with Crippen LogP contribution in [0.25, 0.3) is 0 Å². The molecule has 26 heavy (non-hydrogen) atoms. The van der Waals surface area contributed by atoms with Crippen LogP contribution in [0.3, 0.4) is 0 Å². The highest BCUT2D eigenvalue weighted by molar-refractivity contribution is 7.89. The van der Waals surface area contributed by atoms with Crippen LogP contribution in [0.5, 0.6) is 5.75 Å². The predicted octanol–water partition coefficient (Wildman–Crippen LogP) is -0.651. The molecule has 3 rings (SSSR count). The standard InChI is InChI=1S/C17H27N3O5S/c1-19-7-9-20(10-8-19)11-16-17(21)15(12-25-16)18-26(22,23)14-5-3-13(24-2)4-6-14/h3-6,15-18,21H,7-12H2,1-2H3. The van der Waals surface area contributed by atoms with Crippen molar-refractivity contribution in [1.29, 1.82) is 0 Å². The van der Waals surface area contributed by atoms with Crippen molar-refractivity contribution in [3.63, 3.8) is 0 Å². The minimum atomic E-state index is -3.73. The zero-order valence-electron chi connectivity index (χ0n) is 15.2. The second-order valence-electron chi connectivity index (χ2n) is 6.87. The molecule has 0 spiro atoms. The van der Waals surface area contributed by atoms with E-state index in [0.29, 0.717) is 12.3 Å². The normalized spacial score (nSPS) is 28.3. The van der Waals surface area contributed by atoms with Crippen LogP contribution in [0.1, 0.15) is 0 Å². The van der Waals surface area contributed by atoms with Crippen molar-refractivity contribution in [2.24, 2.45) is 0 Å². The Hall–Kier alpha value is -1.23. The Morgan fingerprint density at radius 1 is 1.23 bits per heavy atom. The highest BCUT2D eigenvalue weighted by Gasteiger charge is 2.39. The number of methoxy groups -OCH3 is 1. The van der Waals surface area contributed by atoms with Crippen molar-refractivity contribution < 1.29 is 23.0 Å². The van der Waals surface area contributed by atoms with Crippen molar-refractivity contribution in [3.05, 3.63) is 24.3 Å². The maximum Gasteiger partial charge on any atom is 0.240 e. The number of nitrogens with zero attached hydrogens (tertiary/aromatic N) is 2. The third-order valence-corrected chi connectivity index (χ3v) is 6.50. The zero-order valence-corrected chi connectivity index (χ0v) is 16.0. The van der Waals surface area contributed by atoms with Gasteiger partial charge in [0.1, 0.15) is 5.75 Å². The van der Waals surface area contributed by atoms with Crippen LogP contribution in [0.15, 0.2) is 29.2 Å². The number of rotatable bonds is 6. The van der Waals surface area contributed by atoms with Crippen LogP contribution in [0.4, 0.5) is 0 Å². The van der Waals surface area contributed by atoms with Crippen LogP contribution in [0, 0.1) is 0 Å². The zero-order chi connectivity index (χ0) is 18.7. The molecule has 2 N–H and O–H groups in total. The molecule has 0 radical (unpaired) electrons. The number of nitrogens with one attached hydrogen (secondary N) is 1. The van der Waals surface area contributed by atoms with Crippen molar-refractivity contribution in [2.45, 2.75) is 23.1 Å². The van der Waals surface area contributed by atoms with Gasteiger partial charge >= 0.3 is 0 Å². The van der Waals surface area contributed by atoms with Crippen molar-refractivity contribution in [1.82, 2.24) is 14.5 Å². The van der Waals surface area contributed by atoms with Gasteiger partial charge < -0.3 is 19.5 Å². The first kappa shape index (κ1) is 19.5.